The minimum atomic E-state index is -1.20. The van der Waals surface area contributed by atoms with E-state index in [4.69, 9.17) is 27.9 Å². The highest BCUT2D eigenvalue weighted by Crippen LogP contribution is 2.32. The zero-order chi connectivity index (χ0) is 15.4. The van der Waals surface area contributed by atoms with Crippen LogP contribution in [0.4, 0.5) is 0 Å². The number of halogens is 2. The highest BCUT2D eigenvalue weighted by molar-refractivity contribution is 6.43. The van der Waals surface area contributed by atoms with Gasteiger partial charge >= 0.3 is 5.97 Å². The highest BCUT2D eigenvalue weighted by Gasteiger charge is 2.21. The molecule has 0 bridgehead atoms. The first-order valence-electron chi connectivity index (χ1n) is 5.93. The van der Waals surface area contributed by atoms with E-state index in [1.165, 1.54) is 12.3 Å². The number of hydrogen-bond donors (Lipinski definition) is 1. The van der Waals surface area contributed by atoms with Crippen molar-refractivity contribution in [2.45, 2.75) is 6.10 Å². The molecular weight excluding hydrogens is 313 g/mol. The molecule has 2 rings (SSSR count). The van der Waals surface area contributed by atoms with Crippen LogP contribution in [0.25, 0.3) is 0 Å². The van der Waals surface area contributed by atoms with Crippen molar-refractivity contribution in [1.82, 2.24) is 4.98 Å². The van der Waals surface area contributed by atoms with Crippen LogP contribution in [0.2, 0.25) is 10.0 Å². The Hall–Kier alpha value is -1.88. The summed E-state index contributed by atoms with van der Waals surface area (Å²) in [6.07, 6.45) is 1.79. The third-order valence-corrected chi connectivity index (χ3v) is 3.51. The van der Waals surface area contributed by atoms with Gasteiger partial charge in [-0.3, -0.25) is 4.98 Å². The molecule has 21 heavy (non-hydrogen) atoms. The minimum Gasteiger partial charge on any atom is -0.421 e. The monoisotopic (exact) mass is 323 g/mol. The van der Waals surface area contributed by atoms with Crippen molar-refractivity contribution < 1.29 is 14.6 Å². The molecule has 0 saturated carbocycles. The second-order valence-corrected chi connectivity index (χ2v) is 4.94. The fourth-order valence-corrected chi connectivity index (χ4v) is 1.91. The molecular formula is C15H11Cl2NO3. The zero-order valence-electron chi connectivity index (χ0n) is 10.8. The number of nitrogens with zero attached hydrogens (tertiary/aromatic N) is 1. The van der Waals surface area contributed by atoms with Gasteiger partial charge in [0.1, 0.15) is 11.1 Å². The topological polar surface area (TPSA) is 59.4 Å². The normalized spacial score (nSPS) is 11.8. The van der Waals surface area contributed by atoms with Gasteiger partial charge in [-0.1, -0.05) is 41.9 Å². The molecule has 0 aliphatic heterocycles. The summed E-state index contributed by atoms with van der Waals surface area (Å²) < 4.78 is 5.10. The number of ether oxygens (including phenoxy) is 1. The predicted molar refractivity (Wildman–Crippen MR) is 80.4 cm³/mol. The first-order valence-corrected chi connectivity index (χ1v) is 6.69. The Bertz CT molecular complexity index is 674. The lowest BCUT2D eigenvalue weighted by Crippen LogP contribution is -2.16. The molecule has 1 atom stereocenters. The predicted octanol–water partition coefficient (Wildman–Crippen LogP) is 3.58. The van der Waals surface area contributed by atoms with E-state index in [0.29, 0.717) is 5.56 Å². The third kappa shape index (κ3) is 3.61. The smallest absolute Gasteiger partial charge is 0.341 e. The number of rotatable bonds is 4. The van der Waals surface area contributed by atoms with Crippen molar-refractivity contribution in [3.8, 4) is 5.75 Å². The van der Waals surface area contributed by atoms with Crippen molar-refractivity contribution in [3.63, 3.8) is 0 Å². The molecule has 1 aromatic heterocycles. The van der Waals surface area contributed by atoms with Crippen LogP contribution in [-0.4, -0.2) is 16.1 Å². The summed E-state index contributed by atoms with van der Waals surface area (Å²) >= 11 is 11.8. The lowest BCUT2D eigenvalue weighted by atomic mass is 10.1. The number of aliphatic hydroxyl groups excluding tert-OH is 1. The SMILES string of the molecule is C=C(C(=O)Oc1cccc(Cl)c1Cl)C(O)c1cccnc1. The maximum atomic E-state index is 12.0. The molecule has 0 spiro atoms. The van der Waals surface area contributed by atoms with Gasteiger partial charge in [0.05, 0.1) is 10.6 Å². The molecule has 0 radical (unpaired) electrons. The van der Waals surface area contributed by atoms with Gasteiger partial charge in [-0.15, -0.1) is 0 Å². The minimum absolute atomic E-state index is 0.105. The van der Waals surface area contributed by atoms with Crippen LogP contribution in [0.1, 0.15) is 11.7 Å². The maximum Gasteiger partial charge on any atom is 0.341 e. The fraction of sp³-hybridized carbons (Fsp3) is 0.0667. The fourth-order valence-electron chi connectivity index (χ4n) is 1.58. The average molecular weight is 324 g/mol. The van der Waals surface area contributed by atoms with Crippen LogP contribution in [0.15, 0.2) is 54.9 Å². The number of esters is 1. The number of pyridine rings is 1. The molecule has 0 fully saturated rings. The number of carbonyl (C=O) groups is 1. The van der Waals surface area contributed by atoms with E-state index in [0.717, 1.165) is 0 Å². The second-order valence-electron chi connectivity index (χ2n) is 4.16. The number of benzene rings is 1. The Kier molecular flexibility index (Phi) is 4.96. The summed E-state index contributed by atoms with van der Waals surface area (Å²) in [5, 5.41) is 10.4. The molecule has 1 heterocycles. The summed E-state index contributed by atoms with van der Waals surface area (Å²) in [4.78, 5) is 15.9. The highest BCUT2D eigenvalue weighted by atomic mass is 35.5. The van der Waals surface area contributed by atoms with Crippen LogP contribution in [-0.2, 0) is 4.79 Å². The van der Waals surface area contributed by atoms with Gasteiger partial charge < -0.3 is 9.84 Å². The van der Waals surface area contributed by atoms with E-state index in [9.17, 15) is 9.90 Å². The van der Waals surface area contributed by atoms with Crippen LogP contribution >= 0.6 is 23.2 Å². The van der Waals surface area contributed by atoms with Gasteiger partial charge in [-0.2, -0.15) is 0 Å². The van der Waals surface area contributed by atoms with Crippen molar-refractivity contribution in [1.29, 1.82) is 0 Å². The third-order valence-electron chi connectivity index (χ3n) is 2.71. The Labute approximate surface area is 131 Å². The number of aromatic nitrogens is 1. The Morgan fingerprint density at radius 3 is 2.71 bits per heavy atom. The number of carbonyl (C=O) groups excluding carboxylic acids is 1. The molecule has 108 valence electrons. The van der Waals surface area contributed by atoms with Gasteiger partial charge in [-0.25, -0.2) is 4.79 Å². The van der Waals surface area contributed by atoms with Crippen molar-refractivity contribution >= 4 is 29.2 Å². The van der Waals surface area contributed by atoms with Crippen molar-refractivity contribution in [2.75, 3.05) is 0 Å². The van der Waals surface area contributed by atoms with Crippen LogP contribution in [0, 0.1) is 0 Å². The van der Waals surface area contributed by atoms with Gasteiger partial charge in [0.2, 0.25) is 0 Å². The van der Waals surface area contributed by atoms with Crippen LogP contribution < -0.4 is 4.74 Å². The molecule has 1 aromatic carbocycles. The summed E-state index contributed by atoms with van der Waals surface area (Å²) in [6, 6.07) is 7.93. The Balaban J connectivity index is 2.13. The summed E-state index contributed by atoms with van der Waals surface area (Å²) in [5.74, 6) is -0.691. The summed E-state index contributed by atoms with van der Waals surface area (Å²) in [7, 11) is 0. The van der Waals surface area contributed by atoms with E-state index < -0.39 is 12.1 Å². The summed E-state index contributed by atoms with van der Waals surface area (Å²) in [5.41, 5.74) is 0.315. The van der Waals surface area contributed by atoms with Crippen molar-refractivity contribution in [2.24, 2.45) is 0 Å². The van der Waals surface area contributed by atoms with Gasteiger partial charge in [0, 0.05) is 18.0 Å². The van der Waals surface area contributed by atoms with E-state index in [2.05, 4.69) is 11.6 Å². The van der Waals surface area contributed by atoms with E-state index in [1.807, 2.05) is 0 Å². The zero-order valence-corrected chi connectivity index (χ0v) is 12.3. The standard InChI is InChI=1S/C15H11Cl2NO3/c1-9(14(19)10-4-3-7-18-8-10)15(20)21-12-6-2-5-11(16)13(12)17/h2-8,14,19H,1H2. The van der Waals surface area contributed by atoms with E-state index in [-0.39, 0.29) is 21.4 Å². The Morgan fingerprint density at radius 2 is 2.05 bits per heavy atom. The molecule has 2 aromatic rings. The maximum absolute atomic E-state index is 12.0. The number of aliphatic hydroxyl groups is 1. The molecule has 0 aliphatic rings. The Morgan fingerprint density at radius 1 is 1.29 bits per heavy atom. The quantitative estimate of drug-likeness (QED) is 0.530. The second kappa shape index (κ2) is 6.72. The molecule has 0 amide bonds. The molecule has 1 unspecified atom stereocenters. The van der Waals surface area contributed by atoms with Crippen LogP contribution in [0.3, 0.4) is 0 Å². The van der Waals surface area contributed by atoms with Crippen LogP contribution in [0.5, 0.6) is 5.75 Å². The van der Waals surface area contributed by atoms with E-state index in [1.54, 1.807) is 30.5 Å². The van der Waals surface area contributed by atoms with E-state index >= 15 is 0 Å². The van der Waals surface area contributed by atoms with Gasteiger partial charge in [0.25, 0.3) is 0 Å². The first-order chi connectivity index (χ1) is 10.0. The lowest BCUT2D eigenvalue weighted by molar-refractivity contribution is -0.131. The summed E-state index contributed by atoms with van der Waals surface area (Å²) in [6.45, 7) is 3.55. The molecule has 4 nitrogen and oxygen atoms in total. The molecule has 6 heteroatoms. The lowest BCUT2D eigenvalue weighted by Gasteiger charge is -2.13. The van der Waals surface area contributed by atoms with Gasteiger partial charge in [-0.05, 0) is 18.2 Å². The number of hydrogen-bond acceptors (Lipinski definition) is 4. The average Bonchev–Trinajstić information content (AvgIpc) is 2.51. The largest absolute Gasteiger partial charge is 0.421 e. The van der Waals surface area contributed by atoms with Crippen molar-refractivity contribution in [3.05, 3.63) is 70.5 Å². The first kappa shape index (κ1) is 15.5. The van der Waals surface area contributed by atoms with Gasteiger partial charge in [0.15, 0.2) is 5.75 Å². The molecule has 1 N–H and O–H groups in total. The molecule has 0 saturated heterocycles. The molecule has 0 aliphatic carbocycles.